The number of hydrogen-bond donors (Lipinski definition) is 0. The van der Waals surface area contributed by atoms with Gasteiger partial charge in [-0.3, -0.25) is 4.79 Å². The van der Waals surface area contributed by atoms with Gasteiger partial charge in [0.2, 0.25) is 10.0 Å². The molecule has 1 aromatic heterocycles. The van der Waals surface area contributed by atoms with Crippen LogP contribution in [0, 0.1) is 25.7 Å². The van der Waals surface area contributed by atoms with Crippen LogP contribution in [0.15, 0.2) is 46.3 Å². The number of ether oxygens (including phenoxy) is 1. The SMILES string of the molecule is CCOCCn1c(=NC(=O)c2ccc(S(=O)(=O)N3CC(C)CC(C)C3)cc2)sc2cc(C)c(C)cc21. The van der Waals surface area contributed by atoms with Gasteiger partial charge in [-0.1, -0.05) is 25.2 Å². The van der Waals surface area contributed by atoms with Crippen molar-refractivity contribution in [2.24, 2.45) is 16.8 Å². The largest absolute Gasteiger partial charge is 0.380 e. The molecule has 2 atom stereocenters. The van der Waals surface area contributed by atoms with Crippen LogP contribution in [0.25, 0.3) is 10.2 Å². The van der Waals surface area contributed by atoms with E-state index in [0.717, 1.165) is 16.6 Å². The Morgan fingerprint density at radius 1 is 1.08 bits per heavy atom. The summed E-state index contributed by atoms with van der Waals surface area (Å²) in [7, 11) is -3.60. The standard InChI is InChI=1S/C27H35N3O4S2/c1-6-34-12-11-30-24-14-20(4)21(5)15-25(24)35-27(30)28-26(31)22-7-9-23(10-8-22)36(32,33)29-16-18(2)13-19(3)17-29/h7-10,14-15,18-19H,6,11-13,16-17H2,1-5H3. The van der Waals surface area contributed by atoms with Gasteiger partial charge in [0.25, 0.3) is 5.91 Å². The number of piperidine rings is 1. The van der Waals surface area contributed by atoms with Crippen molar-refractivity contribution < 1.29 is 17.9 Å². The third-order valence-electron chi connectivity index (χ3n) is 6.73. The van der Waals surface area contributed by atoms with E-state index in [2.05, 4.69) is 44.8 Å². The van der Waals surface area contributed by atoms with E-state index in [9.17, 15) is 13.2 Å². The predicted octanol–water partition coefficient (Wildman–Crippen LogP) is 4.76. The lowest BCUT2D eigenvalue weighted by Crippen LogP contribution is -2.42. The van der Waals surface area contributed by atoms with E-state index < -0.39 is 15.9 Å². The number of hydrogen-bond acceptors (Lipinski definition) is 5. The predicted molar refractivity (Wildman–Crippen MR) is 144 cm³/mol. The van der Waals surface area contributed by atoms with E-state index in [1.54, 1.807) is 16.4 Å². The summed E-state index contributed by atoms with van der Waals surface area (Å²) < 4.78 is 36.6. The molecule has 36 heavy (non-hydrogen) atoms. The molecule has 1 aliphatic rings. The molecule has 0 aliphatic carbocycles. The molecule has 0 N–H and O–H groups in total. The van der Waals surface area contributed by atoms with Crippen LogP contribution >= 0.6 is 11.3 Å². The highest BCUT2D eigenvalue weighted by atomic mass is 32.2. The molecule has 9 heteroatoms. The molecule has 3 aromatic rings. The molecular formula is C27H35N3O4S2. The van der Waals surface area contributed by atoms with Crippen molar-refractivity contribution >= 4 is 37.5 Å². The number of rotatable bonds is 7. The van der Waals surface area contributed by atoms with Gasteiger partial charge < -0.3 is 9.30 Å². The van der Waals surface area contributed by atoms with Crippen molar-refractivity contribution in [2.45, 2.75) is 52.5 Å². The van der Waals surface area contributed by atoms with Gasteiger partial charge in [-0.25, -0.2) is 8.42 Å². The quantitative estimate of drug-likeness (QED) is 0.413. The molecule has 1 fully saturated rings. The van der Waals surface area contributed by atoms with Crippen LogP contribution in [0.4, 0.5) is 0 Å². The molecule has 4 rings (SSSR count). The Labute approximate surface area is 217 Å². The van der Waals surface area contributed by atoms with Gasteiger partial charge >= 0.3 is 0 Å². The topological polar surface area (TPSA) is 81.0 Å². The number of benzene rings is 2. The number of amides is 1. The number of thiazole rings is 1. The molecule has 194 valence electrons. The second-order valence-corrected chi connectivity index (χ2v) is 12.8. The maximum atomic E-state index is 13.2. The fraction of sp³-hybridized carbons (Fsp3) is 0.481. The first-order valence-corrected chi connectivity index (χ1v) is 14.7. The van der Waals surface area contributed by atoms with Crippen molar-refractivity contribution in [1.82, 2.24) is 8.87 Å². The zero-order chi connectivity index (χ0) is 26.0. The Hall–Kier alpha value is -2.33. The summed E-state index contributed by atoms with van der Waals surface area (Å²) in [6.45, 7) is 13.0. The second kappa shape index (κ2) is 11.0. The smallest absolute Gasteiger partial charge is 0.279 e. The van der Waals surface area contributed by atoms with Gasteiger partial charge in [-0.05, 0) is 86.6 Å². The summed E-state index contributed by atoms with van der Waals surface area (Å²) in [5, 5.41) is 0. The average Bonchev–Trinajstić information content (AvgIpc) is 3.14. The first-order valence-electron chi connectivity index (χ1n) is 12.5. The molecule has 1 saturated heterocycles. The van der Waals surface area contributed by atoms with Gasteiger partial charge in [0, 0.05) is 31.8 Å². The van der Waals surface area contributed by atoms with E-state index in [4.69, 9.17) is 4.74 Å². The Morgan fingerprint density at radius 2 is 1.72 bits per heavy atom. The number of fused-ring (bicyclic) bond motifs is 1. The van der Waals surface area contributed by atoms with Gasteiger partial charge in [-0.15, -0.1) is 0 Å². The van der Waals surface area contributed by atoms with Crippen LogP contribution in [0.5, 0.6) is 0 Å². The highest BCUT2D eigenvalue weighted by Gasteiger charge is 2.31. The lowest BCUT2D eigenvalue weighted by molar-refractivity contribution is 0.0996. The first-order chi connectivity index (χ1) is 17.1. The second-order valence-electron chi connectivity index (χ2n) is 9.85. The number of carbonyl (C=O) groups excluding carboxylic acids is 1. The lowest BCUT2D eigenvalue weighted by Gasteiger charge is -2.34. The summed E-state index contributed by atoms with van der Waals surface area (Å²) in [4.78, 5) is 18.3. The minimum Gasteiger partial charge on any atom is -0.380 e. The van der Waals surface area contributed by atoms with Gasteiger partial charge in [0.15, 0.2) is 4.80 Å². The third kappa shape index (κ3) is 5.64. The van der Waals surface area contributed by atoms with Gasteiger partial charge in [-0.2, -0.15) is 9.30 Å². The molecule has 2 unspecified atom stereocenters. The normalized spacial score (nSPS) is 19.8. The van der Waals surface area contributed by atoms with Crippen LogP contribution in [-0.2, 0) is 21.3 Å². The highest BCUT2D eigenvalue weighted by molar-refractivity contribution is 7.89. The minimum absolute atomic E-state index is 0.208. The molecule has 0 radical (unpaired) electrons. The van der Waals surface area contributed by atoms with Crippen LogP contribution in [-0.4, -0.2) is 49.5 Å². The molecule has 2 aromatic carbocycles. The van der Waals surface area contributed by atoms with E-state index in [0.29, 0.717) is 55.0 Å². The number of carbonyl (C=O) groups is 1. The van der Waals surface area contributed by atoms with Crippen molar-refractivity contribution in [3.8, 4) is 0 Å². The minimum atomic E-state index is -3.60. The van der Waals surface area contributed by atoms with Gasteiger partial charge in [0.1, 0.15) is 0 Å². The lowest BCUT2D eigenvalue weighted by atomic mass is 9.94. The van der Waals surface area contributed by atoms with Crippen molar-refractivity contribution in [1.29, 1.82) is 0 Å². The molecule has 0 saturated carbocycles. The van der Waals surface area contributed by atoms with Crippen molar-refractivity contribution in [3.05, 3.63) is 57.9 Å². The van der Waals surface area contributed by atoms with Gasteiger partial charge in [0.05, 0.1) is 21.7 Å². The van der Waals surface area contributed by atoms with Crippen molar-refractivity contribution in [2.75, 3.05) is 26.3 Å². The number of aryl methyl sites for hydroxylation is 2. The van der Waals surface area contributed by atoms with Crippen LogP contribution in [0.3, 0.4) is 0 Å². The van der Waals surface area contributed by atoms with E-state index in [1.165, 1.54) is 34.6 Å². The Kier molecular flexibility index (Phi) is 8.14. The van der Waals surface area contributed by atoms with E-state index >= 15 is 0 Å². The number of sulfonamides is 1. The van der Waals surface area contributed by atoms with Crippen LogP contribution in [0.1, 0.15) is 48.7 Å². The number of aromatic nitrogens is 1. The maximum Gasteiger partial charge on any atom is 0.279 e. The first kappa shape index (κ1) is 26.7. The highest BCUT2D eigenvalue weighted by Crippen LogP contribution is 2.27. The summed E-state index contributed by atoms with van der Waals surface area (Å²) in [5.41, 5.74) is 3.75. The average molecular weight is 530 g/mol. The van der Waals surface area contributed by atoms with Crippen molar-refractivity contribution in [3.63, 3.8) is 0 Å². The fourth-order valence-corrected chi connectivity index (χ4v) is 7.61. The fourth-order valence-electron chi connectivity index (χ4n) is 4.80. The zero-order valence-electron chi connectivity index (χ0n) is 21.7. The summed E-state index contributed by atoms with van der Waals surface area (Å²) in [5.74, 6) is 0.252. The molecule has 0 spiro atoms. The van der Waals surface area contributed by atoms with Crippen LogP contribution in [0.2, 0.25) is 0 Å². The summed E-state index contributed by atoms with van der Waals surface area (Å²) in [6, 6.07) is 10.4. The monoisotopic (exact) mass is 529 g/mol. The summed E-state index contributed by atoms with van der Waals surface area (Å²) >= 11 is 1.47. The molecule has 7 nitrogen and oxygen atoms in total. The number of nitrogens with zero attached hydrogens (tertiary/aromatic N) is 3. The molecular weight excluding hydrogens is 494 g/mol. The third-order valence-corrected chi connectivity index (χ3v) is 9.62. The maximum absolute atomic E-state index is 13.2. The summed E-state index contributed by atoms with van der Waals surface area (Å²) in [6.07, 6.45) is 1.03. The Balaban J connectivity index is 1.64. The Bertz CT molecular complexity index is 1410. The van der Waals surface area contributed by atoms with E-state index in [1.807, 2.05) is 11.5 Å². The molecule has 0 bridgehead atoms. The zero-order valence-corrected chi connectivity index (χ0v) is 23.3. The Morgan fingerprint density at radius 3 is 2.36 bits per heavy atom. The molecule has 1 aliphatic heterocycles. The molecule has 1 amide bonds. The molecule has 2 heterocycles. The van der Waals surface area contributed by atoms with Crippen LogP contribution < -0.4 is 4.80 Å². The van der Waals surface area contributed by atoms with E-state index in [-0.39, 0.29) is 4.90 Å².